The number of carbonyl (C=O) groups is 2. The fourth-order valence-electron chi connectivity index (χ4n) is 1.92. The Balaban J connectivity index is 1.96. The van der Waals surface area contributed by atoms with Gasteiger partial charge in [0.1, 0.15) is 18.6 Å². The molecule has 8 heteroatoms. The lowest BCUT2D eigenvalue weighted by atomic mass is 10.3. The first-order valence-corrected chi connectivity index (χ1v) is 7.10. The van der Waals surface area contributed by atoms with Gasteiger partial charge in [-0.05, 0) is 24.6 Å². The van der Waals surface area contributed by atoms with E-state index in [2.05, 4.69) is 20.3 Å². The lowest BCUT2D eigenvalue weighted by Crippen LogP contribution is -2.41. The highest BCUT2D eigenvalue weighted by molar-refractivity contribution is 5.96. The molecule has 2 aromatic rings. The number of rotatable bonds is 6. The monoisotopic (exact) mass is 320 g/mol. The van der Waals surface area contributed by atoms with Crippen LogP contribution in [-0.2, 0) is 4.79 Å². The molecule has 0 fully saturated rings. The van der Waals surface area contributed by atoms with E-state index in [4.69, 9.17) is 0 Å². The Morgan fingerprint density at radius 2 is 2.13 bits per heavy atom. The van der Waals surface area contributed by atoms with Crippen molar-refractivity contribution in [1.82, 2.24) is 10.1 Å². The van der Waals surface area contributed by atoms with E-state index in [0.29, 0.717) is 18.7 Å². The van der Waals surface area contributed by atoms with Gasteiger partial charge in [0.05, 0.1) is 0 Å². The summed E-state index contributed by atoms with van der Waals surface area (Å²) in [5.74, 6) is -0.577. The minimum Gasteiger partial charge on any atom is -0.363 e. The van der Waals surface area contributed by atoms with E-state index in [1.165, 1.54) is 35.4 Å². The third-order valence-corrected chi connectivity index (χ3v) is 2.90. The van der Waals surface area contributed by atoms with Gasteiger partial charge in [-0.15, -0.1) is 0 Å². The molecule has 2 rings (SSSR count). The zero-order valence-corrected chi connectivity index (χ0v) is 12.6. The fourth-order valence-corrected chi connectivity index (χ4v) is 1.92. The molecule has 0 aliphatic carbocycles. The van der Waals surface area contributed by atoms with Gasteiger partial charge < -0.3 is 20.1 Å². The fraction of sp³-hybridized carbons (Fsp3) is 0.267. The van der Waals surface area contributed by atoms with Crippen molar-refractivity contribution >= 4 is 23.4 Å². The molecule has 0 aliphatic rings. The number of carbonyl (C=O) groups excluding carboxylic acids is 2. The summed E-state index contributed by atoms with van der Waals surface area (Å²) < 4.78 is 17.8. The zero-order valence-electron chi connectivity index (χ0n) is 12.6. The number of amides is 3. The van der Waals surface area contributed by atoms with Gasteiger partial charge in [-0.25, -0.2) is 9.18 Å². The van der Waals surface area contributed by atoms with Crippen LogP contribution in [0.4, 0.5) is 20.7 Å². The molecule has 0 bridgehead atoms. The normalized spacial score (nSPS) is 10.2. The highest BCUT2D eigenvalue weighted by atomic mass is 19.1. The first kappa shape index (κ1) is 16.5. The minimum absolute atomic E-state index is 0.151. The Morgan fingerprint density at radius 3 is 2.78 bits per heavy atom. The predicted molar refractivity (Wildman–Crippen MR) is 82.4 cm³/mol. The summed E-state index contributed by atoms with van der Waals surface area (Å²) in [6.45, 7) is 2.12. The molecule has 122 valence electrons. The molecule has 0 saturated carbocycles. The second-order valence-corrected chi connectivity index (χ2v) is 4.79. The van der Waals surface area contributed by atoms with E-state index < -0.39 is 17.8 Å². The molecular formula is C15H17FN4O3. The van der Waals surface area contributed by atoms with Crippen molar-refractivity contribution < 1.29 is 18.5 Å². The standard InChI is InChI=1S/C15H17FN4O3/c1-2-7-20(10-14(21)18-13-6-8-23-19-13)15(22)17-12-5-3-4-11(16)9-12/h3-6,8-9H,2,7,10H2,1H3,(H,17,22)(H,18,19,21). The molecule has 0 unspecified atom stereocenters. The molecule has 7 nitrogen and oxygen atoms in total. The van der Waals surface area contributed by atoms with Gasteiger partial charge in [-0.3, -0.25) is 4.79 Å². The number of anilines is 2. The quantitative estimate of drug-likeness (QED) is 0.856. The molecule has 0 atom stereocenters. The summed E-state index contributed by atoms with van der Waals surface area (Å²) in [6.07, 6.45) is 2.00. The van der Waals surface area contributed by atoms with E-state index in [1.54, 1.807) is 6.07 Å². The Hall–Kier alpha value is -2.90. The molecule has 0 saturated heterocycles. The maximum Gasteiger partial charge on any atom is 0.322 e. The largest absolute Gasteiger partial charge is 0.363 e. The summed E-state index contributed by atoms with van der Waals surface area (Å²) in [5, 5.41) is 8.64. The summed E-state index contributed by atoms with van der Waals surface area (Å²) in [5.41, 5.74) is 0.327. The predicted octanol–water partition coefficient (Wildman–Crippen LogP) is 2.70. The van der Waals surface area contributed by atoms with Crippen LogP contribution >= 0.6 is 0 Å². The van der Waals surface area contributed by atoms with Gasteiger partial charge >= 0.3 is 6.03 Å². The number of nitrogens with one attached hydrogen (secondary N) is 2. The van der Waals surface area contributed by atoms with Crippen LogP contribution in [0.2, 0.25) is 0 Å². The third-order valence-electron chi connectivity index (χ3n) is 2.90. The maximum atomic E-state index is 13.1. The van der Waals surface area contributed by atoms with Crippen molar-refractivity contribution in [3.05, 3.63) is 42.4 Å². The van der Waals surface area contributed by atoms with E-state index in [-0.39, 0.29) is 12.4 Å². The van der Waals surface area contributed by atoms with Gasteiger partial charge in [-0.1, -0.05) is 18.1 Å². The third kappa shape index (κ3) is 5.10. The Labute approximate surface area is 132 Å². The SMILES string of the molecule is CCCN(CC(=O)Nc1ccon1)C(=O)Nc1cccc(F)c1. The van der Waals surface area contributed by atoms with Gasteiger partial charge in [0.25, 0.3) is 0 Å². The van der Waals surface area contributed by atoms with Crippen molar-refractivity contribution in [2.24, 2.45) is 0 Å². The molecule has 0 aliphatic heterocycles. The number of urea groups is 1. The van der Waals surface area contributed by atoms with Gasteiger partial charge in [0.2, 0.25) is 5.91 Å². The highest BCUT2D eigenvalue weighted by Gasteiger charge is 2.17. The first-order valence-electron chi connectivity index (χ1n) is 7.10. The Kier molecular flexibility index (Phi) is 5.67. The Bertz CT molecular complexity index is 661. The average Bonchev–Trinajstić information content (AvgIpc) is 2.99. The smallest absolute Gasteiger partial charge is 0.322 e. The van der Waals surface area contributed by atoms with Crippen LogP contribution in [0.1, 0.15) is 13.3 Å². The average molecular weight is 320 g/mol. The summed E-state index contributed by atoms with van der Waals surface area (Å²) in [4.78, 5) is 25.5. The second kappa shape index (κ2) is 7.92. The van der Waals surface area contributed by atoms with Crippen molar-refractivity contribution in [1.29, 1.82) is 0 Å². The lowest BCUT2D eigenvalue weighted by Gasteiger charge is -2.21. The van der Waals surface area contributed by atoms with Crippen LogP contribution in [-0.4, -0.2) is 35.1 Å². The summed E-state index contributed by atoms with van der Waals surface area (Å²) in [6, 6.07) is 6.57. The van der Waals surface area contributed by atoms with Crippen LogP contribution in [0.3, 0.4) is 0 Å². The molecule has 3 amide bonds. The van der Waals surface area contributed by atoms with Crippen LogP contribution in [0.15, 0.2) is 41.1 Å². The molecular weight excluding hydrogens is 303 g/mol. The number of halogens is 1. The molecule has 1 aromatic heterocycles. The van der Waals surface area contributed by atoms with Crippen molar-refractivity contribution in [2.45, 2.75) is 13.3 Å². The van der Waals surface area contributed by atoms with E-state index in [0.717, 1.165) is 0 Å². The molecule has 0 radical (unpaired) electrons. The van der Waals surface area contributed by atoms with Crippen LogP contribution in [0.25, 0.3) is 0 Å². The van der Waals surface area contributed by atoms with Crippen molar-refractivity contribution in [3.63, 3.8) is 0 Å². The maximum absolute atomic E-state index is 13.1. The number of hydrogen-bond acceptors (Lipinski definition) is 4. The minimum atomic E-state index is -0.479. The summed E-state index contributed by atoms with van der Waals surface area (Å²) in [7, 11) is 0. The van der Waals surface area contributed by atoms with Gasteiger partial charge in [0, 0.05) is 18.3 Å². The number of benzene rings is 1. The van der Waals surface area contributed by atoms with Gasteiger partial charge in [0.15, 0.2) is 5.82 Å². The molecule has 2 N–H and O–H groups in total. The van der Waals surface area contributed by atoms with E-state index >= 15 is 0 Å². The van der Waals surface area contributed by atoms with Crippen LogP contribution in [0.5, 0.6) is 0 Å². The Morgan fingerprint density at radius 1 is 1.30 bits per heavy atom. The number of aromatic nitrogens is 1. The van der Waals surface area contributed by atoms with Crippen molar-refractivity contribution in [3.8, 4) is 0 Å². The van der Waals surface area contributed by atoms with Crippen LogP contribution < -0.4 is 10.6 Å². The first-order chi connectivity index (χ1) is 11.1. The molecule has 1 heterocycles. The number of hydrogen-bond donors (Lipinski definition) is 2. The van der Waals surface area contributed by atoms with Crippen LogP contribution in [0, 0.1) is 5.82 Å². The highest BCUT2D eigenvalue weighted by Crippen LogP contribution is 2.10. The van der Waals surface area contributed by atoms with Gasteiger partial charge in [-0.2, -0.15) is 0 Å². The zero-order chi connectivity index (χ0) is 16.7. The number of nitrogens with zero attached hydrogens (tertiary/aromatic N) is 2. The molecule has 0 spiro atoms. The van der Waals surface area contributed by atoms with Crippen molar-refractivity contribution in [2.75, 3.05) is 23.7 Å². The van der Waals surface area contributed by atoms with E-state index in [1.807, 2.05) is 6.92 Å². The summed E-state index contributed by atoms with van der Waals surface area (Å²) >= 11 is 0. The lowest BCUT2D eigenvalue weighted by molar-refractivity contribution is -0.116. The molecule has 1 aromatic carbocycles. The van der Waals surface area contributed by atoms with E-state index in [9.17, 15) is 14.0 Å². The topological polar surface area (TPSA) is 87.5 Å². The molecule has 23 heavy (non-hydrogen) atoms. The second-order valence-electron chi connectivity index (χ2n) is 4.79.